The van der Waals surface area contributed by atoms with Crippen LogP contribution in [-0.2, 0) is 16.0 Å². The molecule has 0 saturated carbocycles. The molecule has 1 heterocycles. The fourth-order valence-corrected chi connectivity index (χ4v) is 2.97. The second-order valence-electron chi connectivity index (χ2n) is 6.25. The van der Waals surface area contributed by atoms with Gasteiger partial charge in [0.25, 0.3) is 0 Å². The monoisotopic (exact) mass is 391 g/mol. The van der Waals surface area contributed by atoms with E-state index < -0.39 is 35.4 Å². The number of likely N-dealkylation sites (tertiary alicyclic amines) is 1. The predicted molar refractivity (Wildman–Crippen MR) is 93.5 cm³/mol. The van der Waals surface area contributed by atoms with Crippen LogP contribution in [0.4, 0.5) is 17.6 Å². The first kappa shape index (κ1) is 21.4. The lowest BCUT2D eigenvalue weighted by Crippen LogP contribution is -2.47. The number of hydrogen-bond donors (Lipinski definition) is 1. The van der Waals surface area contributed by atoms with Gasteiger partial charge >= 0.3 is 0 Å². The Kier molecular flexibility index (Phi) is 8.30. The summed E-state index contributed by atoms with van der Waals surface area (Å²) in [6.45, 7) is 2.18. The van der Waals surface area contributed by atoms with Crippen LogP contribution in [0, 0.1) is 23.3 Å². The number of rotatable bonds is 7. The molecule has 152 valence electrons. The molecule has 1 fully saturated rings. The van der Waals surface area contributed by atoms with E-state index in [0.29, 0.717) is 32.3 Å². The lowest BCUT2D eigenvalue weighted by Gasteiger charge is -2.34. The number of guanidine groups is 1. The molecule has 0 aliphatic carbocycles. The number of nitrogens with zero attached hydrogens (tertiary/aromatic N) is 2. The van der Waals surface area contributed by atoms with Crippen molar-refractivity contribution < 1.29 is 27.0 Å². The van der Waals surface area contributed by atoms with Gasteiger partial charge in [0.2, 0.25) is 0 Å². The van der Waals surface area contributed by atoms with E-state index in [0.717, 1.165) is 19.3 Å². The highest BCUT2D eigenvalue weighted by atomic mass is 19.2. The molecule has 0 amide bonds. The second-order valence-corrected chi connectivity index (χ2v) is 6.25. The van der Waals surface area contributed by atoms with Crippen molar-refractivity contribution in [2.24, 2.45) is 4.99 Å². The zero-order valence-electron chi connectivity index (χ0n) is 15.5. The van der Waals surface area contributed by atoms with E-state index in [1.165, 1.54) is 7.05 Å². The fraction of sp³-hybridized carbons (Fsp3) is 0.611. The molecule has 0 bridgehead atoms. The van der Waals surface area contributed by atoms with Crippen molar-refractivity contribution in [2.75, 3.05) is 40.5 Å². The Morgan fingerprint density at radius 1 is 1.15 bits per heavy atom. The van der Waals surface area contributed by atoms with Crippen molar-refractivity contribution in [1.29, 1.82) is 0 Å². The van der Waals surface area contributed by atoms with Crippen LogP contribution in [0.2, 0.25) is 0 Å². The minimum atomic E-state index is -1.42. The third-order valence-corrected chi connectivity index (χ3v) is 4.43. The number of halogens is 4. The maximum absolute atomic E-state index is 13.8. The quantitative estimate of drug-likeness (QED) is 0.255. The highest BCUT2D eigenvalue weighted by Gasteiger charge is 2.23. The summed E-state index contributed by atoms with van der Waals surface area (Å²) < 4.78 is 64.9. The summed E-state index contributed by atoms with van der Waals surface area (Å²) in [5.41, 5.74) is -0.690. The Morgan fingerprint density at radius 2 is 1.78 bits per heavy atom. The highest BCUT2D eigenvalue weighted by Crippen LogP contribution is 2.19. The summed E-state index contributed by atoms with van der Waals surface area (Å²) in [5, 5.41) is 2.77. The number of nitrogens with one attached hydrogen (secondary N) is 1. The van der Waals surface area contributed by atoms with E-state index in [9.17, 15) is 17.6 Å². The van der Waals surface area contributed by atoms with Crippen molar-refractivity contribution in [1.82, 2.24) is 10.2 Å². The molecule has 9 heteroatoms. The van der Waals surface area contributed by atoms with Gasteiger partial charge in [-0.15, -0.1) is 0 Å². The third-order valence-electron chi connectivity index (χ3n) is 4.43. The molecule has 0 radical (unpaired) electrons. The Morgan fingerprint density at radius 3 is 2.33 bits per heavy atom. The van der Waals surface area contributed by atoms with Crippen LogP contribution in [0.5, 0.6) is 0 Å². The van der Waals surface area contributed by atoms with Gasteiger partial charge in [0.05, 0.1) is 6.10 Å². The van der Waals surface area contributed by atoms with Crippen LogP contribution in [0.3, 0.4) is 0 Å². The van der Waals surface area contributed by atoms with Crippen molar-refractivity contribution in [3.63, 3.8) is 0 Å². The standard InChI is InChI=1S/C18H25F4N3O2/c1-23-18(24-11-13-16(21)14(19)10-15(20)17(13)22)25-6-4-12(5-7-25)27-9-3-8-26-2/h10,12H,3-9,11H2,1-2H3,(H,23,24). The Hall–Kier alpha value is -1.87. The molecule has 0 aromatic heterocycles. The van der Waals surface area contributed by atoms with E-state index in [1.807, 2.05) is 4.90 Å². The van der Waals surface area contributed by atoms with Crippen LogP contribution < -0.4 is 5.32 Å². The topological polar surface area (TPSA) is 46.1 Å². The first-order chi connectivity index (χ1) is 13.0. The minimum Gasteiger partial charge on any atom is -0.385 e. The third kappa shape index (κ3) is 5.80. The summed E-state index contributed by atoms with van der Waals surface area (Å²) in [5.74, 6) is -5.24. The number of methoxy groups -OCH3 is 1. The van der Waals surface area contributed by atoms with Gasteiger partial charge < -0.3 is 19.7 Å². The van der Waals surface area contributed by atoms with Gasteiger partial charge in [-0.05, 0) is 19.3 Å². The molecule has 1 N–H and O–H groups in total. The van der Waals surface area contributed by atoms with Gasteiger partial charge in [0, 0.05) is 58.6 Å². The zero-order chi connectivity index (χ0) is 19.8. The predicted octanol–water partition coefficient (Wildman–Crippen LogP) is 2.84. The second kappa shape index (κ2) is 10.5. The van der Waals surface area contributed by atoms with Gasteiger partial charge in [-0.2, -0.15) is 0 Å². The molecule has 1 aliphatic rings. The number of ether oxygens (including phenoxy) is 2. The van der Waals surface area contributed by atoms with Crippen LogP contribution >= 0.6 is 0 Å². The molecule has 2 rings (SSSR count). The molecule has 1 aliphatic heterocycles. The highest BCUT2D eigenvalue weighted by molar-refractivity contribution is 5.80. The average Bonchev–Trinajstić information content (AvgIpc) is 2.67. The molecule has 0 spiro atoms. The Balaban J connectivity index is 1.87. The first-order valence-corrected chi connectivity index (χ1v) is 8.86. The minimum absolute atomic E-state index is 0.142. The summed E-state index contributed by atoms with van der Waals surface area (Å²) in [6, 6.07) is 0.195. The summed E-state index contributed by atoms with van der Waals surface area (Å²) in [7, 11) is 3.18. The normalized spacial score (nSPS) is 16.1. The van der Waals surface area contributed by atoms with Gasteiger partial charge in [-0.3, -0.25) is 4.99 Å². The van der Waals surface area contributed by atoms with Gasteiger partial charge in [-0.1, -0.05) is 0 Å². The fourth-order valence-electron chi connectivity index (χ4n) is 2.97. The van der Waals surface area contributed by atoms with Gasteiger partial charge in [-0.25, -0.2) is 17.6 Å². The smallest absolute Gasteiger partial charge is 0.193 e. The maximum Gasteiger partial charge on any atom is 0.193 e. The lowest BCUT2D eigenvalue weighted by molar-refractivity contribution is 0.00989. The van der Waals surface area contributed by atoms with Gasteiger partial charge in [0.15, 0.2) is 29.2 Å². The maximum atomic E-state index is 13.8. The lowest BCUT2D eigenvalue weighted by atomic mass is 10.1. The van der Waals surface area contributed by atoms with Crippen LogP contribution in [-0.4, -0.2) is 57.4 Å². The number of benzene rings is 1. The summed E-state index contributed by atoms with van der Waals surface area (Å²) >= 11 is 0. The van der Waals surface area contributed by atoms with E-state index in [2.05, 4.69) is 10.3 Å². The molecule has 0 atom stereocenters. The molecular formula is C18H25F4N3O2. The molecule has 27 heavy (non-hydrogen) atoms. The van der Waals surface area contributed by atoms with Crippen LogP contribution in [0.15, 0.2) is 11.1 Å². The summed E-state index contributed by atoms with van der Waals surface area (Å²) in [6.07, 6.45) is 2.54. The van der Waals surface area contributed by atoms with Crippen molar-refractivity contribution in [2.45, 2.75) is 31.9 Å². The van der Waals surface area contributed by atoms with E-state index >= 15 is 0 Å². The molecular weight excluding hydrogens is 366 g/mol. The molecule has 5 nitrogen and oxygen atoms in total. The first-order valence-electron chi connectivity index (χ1n) is 8.86. The zero-order valence-corrected chi connectivity index (χ0v) is 15.5. The molecule has 1 aromatic carbocycles. The van der Waals surface area contributed by atoms with Crippen molar-refractivity contribution in [3.8, 4) is 0 Å². The Labute approximate surface area is 156 Å². The van der Waals surface area contributed by atoms with E-state index in [4.69, 9.17) is 9.47 Å². The summed E-state index contributed by atoms with van der Waals surface area (Å²) in [4.78, 5) is 6.00. The number of hydrogen-bond acceptors (Lipinski definition) is 3. The van der Waals surface area contributed by atoms with E-state index in [-0.39, 0.29) is 12.2 Å². The molecule has 0 unspecified atom stereocenters. The Bertz CT molecular complexity index is 624. The number of piperidine rings is 1. The SMILES string of the molecule is CN=C(NCc1c(F)c(F)cc(F)c1F)N1CCC(OCCCOC)CC1. The van der Waals surface area contributed by atoms with Crippen LogP contribution in [0.1, 0.15) is 24.8 Å². The van der Waals surface area contributed by atoms with Gasteiger partial charge in [0.1, 0.15) is 0 Å². The van der Waals surface area contributed by atoms with Crippen molar-refractivity contribution >= 4 is 5.96 Å². The average molecular weight is 391 g/mol. The van der Waals surface area contributed by atoms with Crippen LogP contribution in [0.25, 0.3) is 0 Å². The van der Waals surface area contributed by atoms with E-state index in [1.54, 1.807) is 7.11 Å². The molecule has 1 aromatic rings. The largest absolute Gasteiger partial charge is 0.385 e. The molecule has 1 saturated heterocycles. The number of aliphatic imine (C=N–C) groups is 1. The van der Waals surface area contributed by atoms with Crippen molar-refractivity contribution in [3.05, 3.63) is 34.9 Å².